The number of aliphatic hydroxyl groups excluding tert-OH is 1. The summed E-state index contributed by atoms with van der Waals surface area (Å²) in [5, 5.41) is 12.4. The molecule has 0 unspecified atom stereocenters. The van der Waals surface area contributed by atoms with Gasteiger partial charge in [0.15, 0.2) is 0 Å². The normalized spacial score (nSPS) is 10.3. The Morgan fingerprint density at radius 3 is 2.89 bits per heavy atom. The second kappa shape index (κ2) is 6.36. The first-order valence-electron chi connectivity index (χ1n) is 5.75. The highest BCUT2D eigenvalue weighted by atomic mass is 35.5. The molecule has 0 fully saturated rings. The maximum atomic E-state index is 8.79. The Labute approximate surface area is 116 Å². The van der Waals surface area contributed by atoms with Crippen LogP contribution in [-0.4, -0.2) is 35.3 Å². The van der Waals surface area contributed by atoms with Gasteiger partial charge in [0.25, 0.3) is 0 Å². The summed E-state index contributed by atoms with van der Waals surface area (Å²) in [6, 6.07) is 7.12. The third kappa shape index (κ3) is 3.33. The van der Waals surface area contributed by atoms with Gasteiger partial charge in [-0.05, 0) is 18.2 Å². The third-order valence-corrected chi connectivity index (χ3v) is 2.76. The van der Waals surface area contributed by atoms with Crippen molar-refractivity contribution in [3.8, 4) is 17.0 Å². The third-order valence-electron chi connectivity index (χ3n) is 2.52. The van der Waals surface area contributed by atoms with Crippen LogP contribution in [0, 0.1) is 0 Å². The molecule has 0 saturated heterocycles. The van der Waals surface area contributed by atoms with Gasteiger partial charge in [-0.1, -0.05) is 11.6 Å². The van der Waals surface area contributed by atoms with Crippen LogP contribution in [0.25, 0.3) is 11.3 Å². The van der Waals surface area contributed by atoms with Gasteiger partial charge in [0, 0.05) is 23.2 Å². The first-order chi connectivity index (χ1) is 9.24. The quantitative estimate of drug-likeness (QED) is 0.878. The number of hydrogen-bond acceptors (Lipinski definition) is 5. The minimum atomic E-state index is 0.0415. The van der Waals surface area contributed by atoms with Crippen molar-refractivity contribution < 1.29 is 9.84 Å². The second-order valence-electron chi connectivity index (χ2n) is 3.78. The molecule has 0 spiro atoms. The average molecular weight is 280 g/mol. The highest BCUT2D eigenvalue weighted by Gasteiger charge is 2.09. The van der Waals surface area contributed by atoms with Crippen molar-refractivity contribution in [2.45, 2.75) is 0 Å². The van der Waals surface area contributed by atoms with Crippen molar-refractivity contribution in [3.63, 3.8) is 0 Å². The number of hydrogen-bond donors (Lipinski definition) is 2. The van der Waals surface area contributed by atoms with Gasteiger partial charge in [0.1, 0.15) is 17.9 Å². The number of methoxy groups -OCH3 is 1. The number of aromatic nitrogens is 2. The molecule has 0 aliphatic heterocycles. The van der Waals surface area contributed by atoms with Gasteiger partial charge in [-0.2, -0.15) is 0 Å². The predicted octanol–water partition coefficient (Wildman–Crippen LogP) is 2.21. The van der Waals surface area contributed by atoms with Crippen molar-refractivity contribution >= 4 is 17.4 Å². The summed E-state index contributed by atoms with van der Waals surface area (Å²) in [4.78, 5) is 8.29. The Kier molecular flexibility index (Phi) is 4.54. The van der Waals surface area contributed by atoms with Gasteiger partial charge >= 0.3 is 0 Å². The Hall–Kier alpha value is -1.85. The molecular formula is C13H14ClN3O2. The first kappa shape index (κ1) is 13.6. The van der Waals surface area contributed by atoms with E-state index in [0.717, 1.165) is 5.56 Å². The summed E-state index contributed by atoms with van der Waals surface area (Å²) in [6.45, 7) is 0.475. The molecule has 0 atom stereocenters. The number of benzene rings is 1. The largest absolute Gasteiger partial charge is 0.496 e. The number of ether oxygens (including phenoxy) is 1. The van der Waals surface area contributed by atoms with E-state index in [0.29, 0.717) is 28.8 Å². The van der Waals surface area contributed by atoms with Gasteiger partial charge in [-0.15, -0.1) is 0 Å². The lowest BCUT2D eigenvalue weighted by Gasteiger charge is -2.09. The van der Waals surface area contributed by atoms with Crippen molar-refractivity contribution in [3.05, 3.63) is 35.6 Å². The van der Waals surface area contributed by atoms with Crippen LogP contribution in [0.15, 0.2) is 30.6 Å². The van der Waals surface area contributed by atoms with Gasteiger partial charge in [0.05, 0.1) is 19.4 Å². The summed E-state index contributed by atoms with van der Waals surface area (Å²) in [7, 11) is 1.60. The van der Waals surface area contributed by atoms with Crippen LogP contribution in [0.2, 0.25) is 5.02 Å². The summed E-state index contributed by atoms with van der Waals surface area (Å²) in [6.07, 6.45) is 1.45. The lowest BCUT2D eigenvalue weighted by Crippen LogP contribution is -2.07. The predicted molar refractivity (Wildman–Crippen MR) is 74.6 cm³/mol. The fraction of sp³-hybridized carbons (Fsp3) is 0.231. The van der Waals surface area contributed by atoms with Crippen LogP contribution in [0.4, 0.5) is 5.82 Å². The summed E-state index contributed by atoms with van der Waals surface area (Å²) in [5.41, 5.74) is 1.50. The molecule has 0 saturated carbocycles. The lowest BCUT2D eigenvalue weighted by atomic mass is 10.1. The molecule has 1 heterocycles. The summed E-state index contributed by atoms with van der Waals surface area (Å²) < 4.78 is 5.30. The summed E-state index contributed by atoms with van der Waals surface area (Å²) >= 11 is 6.00. The Balaban J connectivity index is 2.38. The number of nitrogens with one attached hydrogen (secondary N) is 1. The van der Waals surface area contributed by atoms with E-state index in [4.69, 9.17) is 21.4 Å². The van der Waals surface area contributed by atoms with Gasteiger partial charge in [-0.3, -0.25) is 0 Å². The van der Waals surface area contributed by atoms with E-state index >= 15 is 0 Å². The van der Waals surface area contributed by atoms with E-state index in [9.17, 15) is 0 Å². The number of rotatable bonds is 5. The van der Waals surface area contributed by atoms with Crippen LogP contribution < -0.4 is 10.1 Å². The SMILES string of the molecule is COc1ccc(Cl)cc1-c1cc(NCCO)ncn1. The monoisotopic (exact) mass is 279 g/mol. The molecule has 2 rings (SSSR count). The Bertz CT molecular complexity index is 563. The van der Waals surface area contributed by atoms with Crippen LogP contribution in [0.3, 0.4) is 0 Å². The van der Waals surface area contributed by atoms with Gasteiger partial charge < -0.3 is 15.2 Å². The fourth-order valence-electron chi connectivity index (χ4n) is 1.67. The highest BCUT2D eigenvalue weighted by molar-refractivity contribution is 6.30. The van der Waals surface area contributed by atoms with Crippen molar-refractivity contribution in [1.82, 2.24) is 9.97 Å². The summed E-state index contributed by atoms with van der Waals surface area (Å²) in [5.74, 6) is 1.33. The number of halogens is 1. The Morgan fingerprint density at radius 1 is 1.32 bits per heavy atom. The van der Waals surface area contributed by atoms with Crippen LogP contribution in [-0.2, 0) is 0 Å². The zero-order valence-corrected chi connectivity index (χ0v) is 11.2. The topological polar surface area (TPSA) is 67.3 Å². The second-order valence-corrected chi connectivity index (χ2v) is 4.22. The van der Waals surface area contributed by atoms with Crippen LogP contribution >= 0.6 is 11.6 Å². The van der Waals surface area contributed by atoms with E-state index in [-0.39, 0.29) is 6.61 Å². The minimum Gasteiger partial charge on any atom is -0.496 e. The molecule has 19 heavy (non-hydrogen) atoms. The highest BCUT2D eigenvalue weighted by Crippen LogP contribution is 2.31. The van der Waals surface area contributed by atoms with E-state index in [2.05, 4.69) is 15.3 Å². The minimum absolute atomic E-state index is 0.0415. The maximum Gasteiger partial charge on any atom is 0.130 e. The van der Waals surface area contributed by atoms with E-state index < -0.39 is 0 Å². The molecule has 5 nitrogen and oxygen atoms in total. The smallest absolute Gasteiger partial charge is 0.130 e. The zero-order valence-electron chi connectivity index (χ0n) is 10.4. The zero-order chi connectivity index (χ0) is 13.7. The molecule has 0 aliphatic carbocycles. The van der Waals surface area contributed by atoms with Gasteiger partial charge in [0.2, 0.25) is 0 Å². The number of nitrogens with zero attached hydrogens (tertiary/aromatic N) is 2. The molecule has 100 valence electrons. The molecule has 1 aromatic carbocycles. The Morgan fingerprint density at radius 2 is 2.16 bits per heavy atom. The number of anilines is 1. The maximum absolute atomic E-state index is 8.79. The van der Waals surface area contributed by atoms with Gasteiger partial charge in [-0.25, -0.2) is 9.97 Å². The van der Waals surface area contributed by atoms with Crippen LogP contribution in [0.5, 0.6) is 5.75 Å². The lowest BCUT2D eigenvalue weighted by molar-refractivity contribution is 0.311. The van der Waals surface area contributed by atoms with Crippen molar-refractivity contribution in [2.24, 2.45) is 0 Å². The average Bonchev–Trinajstić information content (AvgIpc) is 2.45. The van der Waals surface area contributed by atoms with Crippen LogP contribution in [0.1, 0.15) is 0 Å². The molecule has 2 aromatic rings. The molecular weight excluding hydrogens is 266 g/mol. The van der Waals surface area contributed by atoms with E-state index in [1.54, 1.807) is 31.4 Å². The number of aliphatic hydroxyl groups is 1. The molecule has 6 heteroatoms. The fourth-order valence-corrected chi connectivity index (χ4v) is 1.84. The van der Waals surface area contributed by atoms with E-state index in [1.807, 2.05) is 0 Å². The molecule has 0 radical (unpaired) electrons. The molecule has 0 bridgehead atoms. The molecule has 1 aromatic heterocycles. The van der Waals surface area contributed by atoms with E-state index in [1.165, 1.54) is 6.33 Å². The molecule has 2 N–H and O–H groups in total. The first-order valence-corrected chi connectivity index (χ1v) is 6.13. The molecule has 0 aliphatic rings. The van der Waals surface area contributed by atoms with Crippen molar-refractivity contribution in [1.29, 1.82) is 0 Å². The molecule has 0 amide bonds. The standard InChI is InChI=1S/C13H14ClN3O2/c1-19-12-3-2-9(14)6-10(12)11-7-13(15-4-5-18)17-8-16-11/h2-3,6-8,18H,4-5H2,1H3,(H,15,16,17). The van der Waals surface area contributed by atoms with Crippen molar-refractivity contribution in [2.75, 3.05) is 25.6 Å².